The highest BCUT2D eigenvalue weighted by Crippen LogP contribution is 2.60. The standard InChI is InChI=1S/C27H44O3/c1-18(2)8-6-9-19(3)23-14-15-24-22(10-7-17-26(23,24)5)12-11-21-13-16-25(28)27(29,30)20(21)4/h11-12,18-19,23-25,28-30H,4,6-10,13-17H2,1-3,5H3/b21-11-,22-12+/t19-,23-,24+,25?,26-/m1/s1. The molecule has 0 saturated heterocycles. The maximum Gasteiger partial charge on any atom is 0.216 e. The fourth-order valence-electron chi connectivity index (χ4n) is 6.74. The van der Waals surface area contributed by atoms with Crippen LogP contribution in [-0.2, 0) is 0 Å². The Balaban J connectivity index is 1.72. The van der Waals surface area contributed by atoms with Crippen molar-refractivity contribution < 1.29 is 15.3 Å². The van der Waals surface area contributed by atoms with Gasteiger partial charge < -0.3 is 15.3 Å². The predicted octanol–water partition coefficient (Wildman–Crippen LogP) is 5.91. The van der Waals surface area contributed by atoms with Crippen molar-refractivity contribution in [2.75, 3.05) is 0 Å². The molecule has 3 nitrogen and oxygen atoms in total. The van der Waals surface area contributed by atoms with Gasteiger partial charge >= 0.3 is 0 Å². The molecule has 3 saturated carbocycles. The van der Waals surface area contributed by atoms with Crippen molar-refractivity contribution in [2.45, 2.75) is 104 Å². The van der Waals surface area contributed by atoms with Gasteiger partial charge in [-0.2, -0.15) is 0 Å². The molecule has 3 N–H and O–H groups in total. The Hall–Kier alpha value is -0.900. The van der Waals surface area contributed by atoms with Crippen LogP contribution in [0.1, 0.15) is 91.9 Å². The number of rotatable bonds is 6. The molecule has 0 bridgehead atoms. The molecule has 3 rings (SSSR count). The van der Waals surface area contributed by atoms with Gasteiger partial charge in [-0.25, -0.2) is 0 Å². The van der Waals surface area contributed by atoms with E-state index < -0.39 is 11.9 Å². The average Bonchev–Trinajstić information content (AvgIpc) is 3.03. The number of aliphatic hydroxyl groups excluding tert-OH is 1. The zero-order valence-electron chi connectivity index (χ0n) is 19.7. The Bertz CT molecular complexity index is 686. The third-order valence-corrected chi connectivity index (χ3v) is 8.65. The lowest BCUT2D eigenvalue weighted by atomic mass is 9.60. The minimum absolute atomic E-state index is 0.250. The van der Waals surface area contributed by atoms with Crippen molar-refractivity contribution in [1.82, 2.24) is 0 Å². The Morgan fingerprint density at radius 1 is 1.07 bits per heavy atom. The van der Waals surface area contributed by atoms with Gasteiger partial charge in [0.05, 0.1) is 0 Å². The number of allylic oxidation sites excluding steroid dienone is 3. The summed E-state index contributed by atoms with van der Waals surface area (Å²) in [5.41, 5.74) is 3.05. The number of fused-ring (bicyclic) bond motifs is 1. The lowest BCUT2D eigenvalue weighted by Gasteiger charge is -2.44. The highest BCUT2D eigenvalue weighted by molar-refractivity contribution is 5.40. The van der Waals surface area contributed by atoms with Crippen LogP contribution in [0.5, 0.6) is 0 Å². The molecule has 0 aromatic rings. The molecule has 5 atom stereocenters. The van der Waals surface area contributed by atoms with Crippen LogP contribution in [0.15, 0.2) is 35.5 Å². The van der Waals surface area contributed by atoms with E-state index in [0.29, 0.717) is 24.2 Å². The van der Waals surface area contributed by atoms with E-state index in [1.807, 2.05) is 0 Å². The SMILES string of the molecule is C=C1/C(=C\C=C2/CCC[C@]3(C)[C@@H]([C@H](C)CCCC(C)C)CC[C@@H]23)CCC(O)C1(O)O. The second-order valence-electron chi connectivity index (χ2n) is 11.1. The van der Waals surface area contributed by atoms with Gasteiger partial charge in [0, 0.05) is 5.57 Å². The molecule has 3 fully saturated rings. The van der Waals surface area contributed by atoms with Crippen LogP contribution in [0.3, 0.4) is 0 Å². The number of hydrogen-bond acceptors (Lipinski definition) is 3. The van der Waals surface area contributed by atoms with E-state index in [1.165, 1.54) is 50.5 Å². The number of aliphatic hydroxyl groups is 3. The van der Waals surface area contributed by atoms with Crippen LogP contribution in [0, 0.1) is 29.1 Å². The highest BCUT2D eigenvalue weighted by atomic mass is 16.5. The summed E-state index contributed by atoms with van der Waals surface area (Å²) in [6, 6.07) is 0. The van der Waals surface area contributed by atoms with Crippen LogP contribution in [0.4, 0.5) is 0 Å². The first-order valence-corrected chi connectivity index (χ1v) is 12.3. The molecular weight excluding hydrogens is 372 g/mol. The smallest absolute Gasteiger partial charge is 0.216 e. The van der Waals surface area contributed by atoms with Crippen molar-refractivity contribution in [3.8, 4) is 0 Å². The number of hydrogen-bond donors (Lipinski definition) is 3. The second-order valence-corrected chi connectivity index (χ2v) is 11.1. The first kappa shape index (κ1) is 23.8. The summed E-state index contributed by atoms with van der Waals surface area (Å²) in [6.45, 7) is 13.5. The Kier molecular flexibility index (Phi) is 7.37. The third kappa shape index (κ3) is 4.64. The minimum Gasteiger partial charge on any atom is -0.387 e. The molecule has 0 aliphatic heterocycles. The van der Waals surface area contributed by atoms with E-state index in [1.54, 1.807) is 0 Å². The minimum atomic E-state index is -2.20. The maximum absolute atomic E-state index is 10.2. The molecule has 0 spiro atoms. The lowest BCUT2D eigenvalue weighted by molar-refractivity contribution is -0.201. The van der Waals surface area contributed by atoms with Crippen molar-refractivity contribution in [3.63, 3.8) is 0 Å². The molecule has 30 heavy (non-hydrogen) atoms. The maximum atomic E-state index is 10.2. The van der Waals surface area contributed by atoms with E-state index in [-0.39, 0.29) is 5.57 Å². The molecule has 0 aromatic carbocycles. The normalized spacial score (nSPS) is 37.7. The van der Waals surface area contributed by atoms with Crippen LogP contribution in [0.25, 0.3) is 0 Å². The van der Waals surface area contributed by atoms with Gasteiger partial charge in [0.15, 0.2) is 0 Å². The zero-order chi connectivity index (χ0) is 22.1. The summed E-state index contributed by atoms with van der Waals surface area (Å²) in [4.78, 5) is 0. The van der Waals surface area contributed by atoms with E-state index in [9.17, 15) is 15.3 Å². The second kappa shape index (κ2) is 9.30. The molecule has 3 aliphatic rings. The Morgan fingerprint density at radius 2 is 1.80 bits per heavy atom. The van der Waals surface area contributed by atoms with E-state index in [0.717, 1.165) is 29.7 Å². The summed E-state index contributed by atoms with van der Waals surface area (Å²) in [5.74, 6) is 0.853. The molecule has 170 valence electrons. The molecule has 3 aliphatic carbocycles. The fourth-order valence-corrected chi connectivity index (χ4v) is 6.74. The summed E-state index contributed by atoms with van der Waals surface area (Å²) >= 11 is 0. The average molecular weight is 417 g/mol. The Morgan fingerprint density at radius 3 is 2.50 bits per heavy atom. The molecule has 0 amide bonds. The van der Waals surface area contributed by atoms with Crippen LogP contribution in [0.2, 0.25) is 0 Å². The van der Waals surface area contributed by atoms with Gasteiger partial charge in [0.2, 0.25) is 5.79 Å². The zero-order valence-corrected chi connectivity index (χ0v) is 19.7. The van der Waals surface area contributed by atoms with E-state index in [4.69, 9.17) is 0 Å². The Labute approximate surface area is 184 Å². The highest BCUT2D eigenvalue weighted by Gasteiger charge is 2.50. The van der Waals surface area contributed by atoms with Gasteiger partial charge in [0.25, 0.3) is 0 Å². The van der Waals surface area contributed by atoms with E-state index in [2.05, 4.69) is 46.4 Å². The fraction of sp³-hybridized carbons (Fsp3) is 0.778. The summed E-state index contributed by atoms with van der Waals surface area (Å²) in [7, 11) is 0. The van der Waals surface area contributed by atoms with Gasteiger partial charge in [-0.05, 0) is 79.6 Å². The van der Waals surface area contributed by atoms with Gasteiger partial charge in [-0.3, -0.25) is 0 Å². The van der Waals surface area contributed by atoms with Crippen molar-refractivity contribution in [1.29, 1.82) is 0 Å². The van der Waals surface area contributed by atoms with E-state index >= 15 is 0 Å². The van der Waals surface area contributed by atoms with Crippen LogP contribution < -0.4 is 0 Å². The monoisotopic (exact) mass is 416 g/mol. The summed E-state index contributed by atoms with van der Waals surface area (Å²) in [6.07, 6.45) is 14.6. The lowest BCUT2D eigenvalue weighted by Crippen LogP contribution is -2.47. The molecule has 1 unspecified atom stereocenters. The first-order chi connectivity index (χ1) is 14.1. The summed E-state index contributed by atoms with van der Waals surface area (Å²) in [5, 5.41) is 30.2. The molecular formula is C27H44O3. The van der Waals surface area contributed by atoms with Gasteiger partial charge in [-0.15, -0.1) is 0 Å². The molecule has 3 heteroatoms. The third-order valence-electron chi connectivity index (χ3n) is 8.65. The van der Waals surface area contributed by atoms with Crippen molar-refractivity contribution >= 4 is 0 Å². The predicted molar refractivity (Wildman–Crippen MR) is 124 cm³/mol. The van der Waals surface area contributed by atoms with Crippen molar-refractivity contribution in [2.24, 2.45) is 29.1 Å². The molecule has 0 heterocycles. The first-order valence-electron chi connectivity index (χ1n) is 12.3. The summed E-state index contributed by atoms with van der Waals surface area (Å²) < 4.78 is 0. The van der Waals surface area contributed by atoms with Crippen LogP contribution >= 0.6 is 0 Å². The quantitative estimate of drug-likeness (QED) is 0.472. The largest absolute Gasteiger partial charge is 0.387 e. The van der Waals surface area contributed by atoms with Crippen LogP contribution in [-0.4, -0.2) is 27.2 Å². The van der Waals surface area contributed by atoms with Crippen molar-refractivity contribution in [3.05, 3.63) is 35.5 Å². The van der Waals surface area contributed by atoms with Gasteiger partial charge in [0.1, 0.15) is 6.10 Å². The van der Waals surface area contributed by atoms with Gasteiger partial charge in [-0.1, -0.05) is 71.3 Å². The molecule has 0 aromatic heterocycles. The molecule has 0 radical (unpaired) electrons. The topological polar surface area (TPSA) is 60.7 Å².